The molecule has 13 heteroatoms. The van der Waals surface area contributed by atoms with Gasteiger partial charge in [0.05, 0.1) is 30.8 Å². The second-order valence-electron chi connectivity index (χ2n) is 11.0. The quantitative estimate of drug-likeness (QED) is 0.243. The van der Waals surface area contributed by atoms with Crippen molar-refractivity contribution >= 4 is 6.09 Å². The highest BCUT2D eigenvalue weighted by atomic mass is 19.4. The fourth-order valence-corrected chi connectivity index (χ4v) is 5.14. The number of carbonyl (C=O) groups is 1. The Morgan fingerprint density at radius 1 is 0.864 bits per heavy atom. The molecule has 1 heterocycles. The molecule has 3 aromatic rings. The van der Waals surface area contributed by atoms with E-state index < -0.39 is 71.1 Å². The maximum atomic E-state index is 14.8. The van der Waals surface area contributed by atoms with E-state index in [9.17, 15) is 44.3 Å². The van der Waals surface area contributed by atoms with Crippen LogP contribution in [0.5, 0.6) is 5.75 Å². The highest BCUT2D eigenvalue weighted by molar-refractivity contribution is 5.76. The molecule has 1 amide bonds. The van der Waals surface area contributed by atoms with Crippen LogP contribution in [0.4, 0.5) is 44.3 Å². The molecule has 2 atom stereocenters. The van der Waals surface area contributed by atoms with Gasteiger partial charge in [-0.1, -0.05) is 26.0 Å². The van der Waals surface area contributed by atoms with E-state index in [-0.39, 0.29) is 23.3 Å². The highest BCUT2D eigenvalue weighted by Crippen LogP contribution is 2.43. The number of nitrogens with zero attached hydrogens (tertiary/aromatic N) is 1. The summed E-state index contributed by atoms with van der Waals surface area (Å²) in [6.07, 6.45) is -12.9. The zero-order valence-corrected chi connectivity index (χ0v) is 24.1. The Morgan fingerprint density at radius 2 is 1.45 bits per heavy atom. The van der Waals surface area contributed by atoms with Gasteiger partial charge in [-0.3, -0.25) is 4.90 Å². The van der Waals surface area contributed by atoms with Crippen molar-refractivity contribution in [1.29, 1.82) is 0 Å². The van der Waals surface area contributed by atoms with Gasteiger partial charge in [-0.2, -0.15) is 26.3 Å². The minimum Gasteiger partial charge on any atom is -0.496 e. The maximum Gasteiger partial charge on any atom is 0.416 e. The lowest BCUT2D eigenvalue weighted by Crippen LogP contribution is -2.32. The summed E-state index contributed by atoms with van der Waals surface area (Å²) in [4.78, 5) is 14.0. The van der Waals surface area contributed by atoms with Gasteiger partial charge in [0.2, 0.25) is 0 Å². The van der Waals surface area contributed by atoms with Crippen LogP contribution in [0.25, 0.3) is 11.1 Å². The molecule has 1 aliphatic rings. The monoisotopic (exact) mass is 633 g/mol. The molecule has 0 bridgehead atoms. The zero-order valence-electron chi connectivity index (χ0n) is 24.1. The number of methoxy groups -OCH3 is 1. The third-order valence-corrected chi connectivity index (χ3v) is 7.51. The first-order valence-corrected chi connectivity index (χ1v) is 13.4. The minimum absolute atomic E-state index is 0.0348. The summed E-state index contributed by atoms with van der Waals surface area (Å²) in [6.45, 7) is 5.09. The molecule has 3 aromatic carbocycles. The molecule has 0 aromatic heterocycles. The molecule has 4 nitrogen and oxygen atoms in total. The molecule has 0 N–H and O–H groups in total. The summed E-state index contributed by atoms with van der Waals surface area (Å²) in [7, 11) is 1.29. The number of rotatable bonds is 7. The van der Waals surface area contributed by atoms with Crippen molar-refractivity contribution in [2.45, 2.75) is 70.6 Å². The molecule has 0 radical (unpaired) electrons. The van der Waals surface area contributed by atoms with Crippen molar-refractivity contribution < 1.29 is 53.8 Å². The van der Waals surface area contributed by atoms with E-state index in [0.717, 1.165) is 23.1 Å². The van der Waals surface area contributed by atoms with E-state index in [2.05, 4.69) is 0 Å². The summed E-state index contributed by atoms with van der Waals surface area (Å²) in [5, 5.41) is 0. The maximum absolute atomic E-state index is 14.8. The van der Waals surface area contributed by atoms with Crippen LogP contribution in [0.1, 0.15) is 73.1 Å². The van der Waals surface area contributed by atoms with Crippen molar-refractivity contribution in [2.75, 3.05) is 7.11 Å². The number of ether oxygens (including phenoxy) is 2. The number of halogens is 9. The minimum atomic E-state index is -5.12. The van der Waals surface area contributed by atoms with E-state index in [1.165, 1.54) is 26.2 Å². The Balaban J connectivity index is 1.81. The van der Waals surface area contributed by atoms with Gasteiger partial charge < -0.3 is 9.47 Å². The number of benzene rings is 3. The fraction of sp³-hybridized carbons (Fsp3) is 0.387. The van der Waals surface area contributed by atoms with Crippen LogP contribution < -0.4 is 4.74 Å². The molecule has 1 unspecified atom stereocenters. The van der Waals surface area contributed by atoms with E-state index in [1.54, 1.807) is 13.8 Å². The SMILES string of the molecule is COc1cc(F)c(C(C)C)cc1-c1ccc(C(C)(F)F)cc1CN1C(=O)O[C@H](c2cc(C(F)(F)F)cc(C(F)(F)F)c2)C1C. The lowest BCUT2D eigenvalue weighted by molar-refractivity contribution is -0.143. The average Bonchev–Trinajstić information content (AvgIpc) is 3.19. The molecule has 0 aliphatic carbocycles. The molecular formula is C31H28F9NO3. The number of cyclic esters (lactones) is 1. The predicted octanol–water partition coefficient (Wildman–Crippen LogP) is 9.86. The van der Waals surface area contributed by atoms with Crippen LogP contribution in [0.15, 0.2) is 48.5 Å². The van der Waals surface area contributed by atoms with Crippen LogP contribution >= 0.6 is 0 Å². The predicted molar refractivity (Wildman–Crippen MR) is 143 cm³/mol. The zero-order chi connectivity index (χ0) is 32.9. The van der Waals surface area contributed by atoms with Crippen LogP contribution in [0.2, 0.25) is 0 Å². The summed E-state index contributed by atoms with van der Waals surface area (Å²) in [5.74, 6) is -4.07. The smallest absolute Gasteiger partial charge is 0.416 e. The van der Waals surface area contributed by atoms with Gasteiger partial charge in [-0.05, 0) is 65.4 Å². The summed E-state index contributed by atoms with van der Waals surface area (Å²) in [6, 6.07) is 6.09. The van der Waals surface area contributed by atoms with Crippen molar-refractivity contribution in [3.05, 3.63) is 87.7 Å². The number of alkyl halides is 8. The molecule has 0 saturated carbocycles. The molecule has 238 valence electrons. The fourth-order valence-electron chi connectivity index (χ4n) is 5.14. The third kappa shape index (κ3) is 6.61. The van der Waals surface area contributed by atoms with Gasteiger partial charge in [0, 0.05) is 24.1 Å². The molecule has 44 heavy (non-hydrogen) atoms. The Bertz CT molecular complexity index is 1530. The second-order valence-corrected chi connectivity index (χ2v) is 11.0. The Kier molecular flexibility index (Phi) is 8.66. The van der Waals surface area contributed by atoms with Gasteiger partial charge in [0.25, 0.3) is 5.92 Å². The van der Waals surface area contributed by atoms with Crippen molar-refractivity contribution in [1.82, 2.24) is 4.90 Å². The molecule has 0 spiro atoms. The van der Waals surface area contributed by atoms with E-state index in [1.807, 2.05) is 0 Å². The Labute approximate surface area is 247 Å². The molecule has 4 rings (SSSR count). The van der Waals surface area contributed by atoms with E-state index in [0.29, 0.717) is 35.7 Å². The molecule has 1 saturated heterocycles. The van der Waals surface area contributed by atoms with Gasteiger partial charge in [-0.25, -0.2) is 18.0 Å². The first-order chi connectivity index (χ1) is 20.2. The van der Waals surface area contributed by atoms with Crippen molar-refractivity contribution in [3.8, 4) is 16.9 Å². The van der Waals surface area contributed by atoms with Gasteiger partial charge in [0.1, 0.15) is 17.7 Å². The number of hydrogen-bond donors (Lipinski definition) is 0. The summed E-state index contributed by atoms with van der Waals surface area (Å²) >= 11 is 0. The summed E-state index contributed by atoms with van der Waals surface area (Å²) in [5.41, 5.74) is -3.07. The van der Waals surface area contributed by atoms with E-state index in [4.69, 9.17) is 9.47 Å². The second kappa shape index (κ2) is 11.6. The third-order valence-electron chi connectivity index (χ3n) is 7.51. The number of hydrogen-bond acceptors (Lipinski definition) is 3. The normalized spacial score (nSPS) is 17.8. The Morgan fingerprint density at radius 3 is 1.95 bits per heavy atom. The van der Waals surface area contributed by atoms with Crippen LogP contribution in [-0.2, 0) is 29.6 Å². The standard InChI is InChI=1S/C31H28F9NO3/c1-15(2)23-12-24(26(43-5)13-25(23)32)22-7-6-19(29(4,33)34)10-18(22)14-41-16(3)27(44-28(41)42)17-8-20(30(35,36)37)11-21(9-17)31(38,39)40/h6-13,15-16,27H,14H2,1-5H3/t16?,27-/m0/s1. The lowest BCUT2D eigenvalue weighted by Gasteiger charge is -2.25. The van der Waals surface area contributed by atoms with E-state index >= 15 is 0 Å². The van der Waals surface area contributed by atoms with Crippen molar-refractivity contribution in [3.63, 3.8) is 0 Å². The lowest BCUT2D eigenvalue weighted by atomic mass is 9.91. The molecule has 1 fully saturated rings. The first-order valence-electron chi connectivity index (χ1n) is 13.4. The molecular weight excluding hydrogens is 605 g/mol. The van der Waals surface area contributed by atoms with Gasteiger partial charge in [0.15, 0.2) is 0 Å². The number of carbonyl (C=O) groups excluding carboxylic acids is 1. The highest BCUT2D eigenvalue weighted by Gasteiger charge is 2.43. The average molecular weight is 634 g/mol. The van der Waals surface area contributed by atoms with Crippen LogP contribution in [0.3, 0.4) is 0 Å². The number of amides is 1. The first kappa shape index (κ1) is 33.0. The van der Waals surface area contributed by atoms with Gasteiger partial charge >= 0.3 is 18.4 Å². The van der Waals surface area contributed by atoms with Crippen LogP contribution in [-0.4, -0.2) is 24.1 Å². The summed E-state index contributed by atoms with van der Waals surface area (Å²) < 4.78 is 135. The largest absolute Gasteiger partial charge is 0.496 e. The van der Waals surface area contributed by atoms with Crippen LogP contribution in [0, 0.1) is 5.82 Å². The topological polar surface area (TPSA) is 38.8 Å². The Hall–Kier alpha value is -3.90. The van der Waals surface area contributed by atoms with Crippen molar-refractivity contribution in [2.24, 2.45) is 0 Å². The molecule has 1 aliphatic heterocycles. The van der Waals surface area contributed by atoms with Gasteiger partial charge in [-0.15, -0.1) is 0 Å².